The van der Waals surface area contributed by atoms with Gasteiger partial charge in [0.05, 0.1) is 18.4 Å². The van der Waals surface area contributed by atoms with Crippen LogP contribution in [0.25, 0.3) is 0 Å². The molecule has 1 N–H and O–H groups in total. The van der Waals surface area contributed by atoms with Crippen molar-refractivity contribution in [1.82, 2.24) is 5.32 Å². The van der Waals surface area contributed by atoms with Gasteiger partial charge in [-0.05, 0) is 31.5 Å². The molecule has 0 aliphatic rings. The van der Waals surface area contributed by atoms with Crippen molar-refractivity contribution in [2.45, 2.75) is 20.1 Å². The summed E-state index contributed by atoms with van der Waals surface area (Å²) in [5.74, 6) is -0.312. The first-order valence-corrected chi connectivity index (χ1v) is 5.81. The SMILES string of the molecule is CCOC(CNC(=O)c1ccoc1Cl)OCC. The normalized spacial score (nSPS) is 10.8. The van der Waals surface area contributed by atoms with E-state index in [1.54, 1.807) is 0 Å². The molecule has 96 valence electrons. The lowest BCUT2D eigenvalue weighted by Gasteiger charge is -2.17. The van der Waals surface area contributed by atoms with Gasteiger partial charge in [-0.15, -0.1) is 0 Å². The molecule has 0 aliphatic carbocycles. The van der Waals surface area contributed by atoms with Gasteiger partial charge in [-0.3, -0.25) is 4.79 Å². The molecule has 6 heteroatoms. The highest BCUT2D eigenvalue weighted by Crippen LogP contribution is 2.16. The van der Waals surface area contributed by atoms with E-state index in [9.17, 15) is 4.79 Å². The maximum absolute atomic E-state index is 11.7. The van der Waals surface area contributed by atoms with Gasteiger partial charge in [0.2, 0.25) is 5.22 Å². The Morgan fingerprint density at radius 2 is 2.12 bits per heavy atom. The first kappa shape index (κ1) is 14.0. The molecule has 1 rings (SSSR count). The second kappa shape index (κ2) is 7.32. The van der Waals surface area contributed by atoms with E-state index in [1.165, 1.54) is 12.3 Å². The molecule has 0 bridgehead atoms. The van der Waals surface area contributed by atoms with E-state index in [1.807, 2.05) is 13.8 Å². The monoisotopic (exact) mass is 261 g/mol. The third kappa shape index (κ3) is 4.38. The lowest BCUT2D eigenvalue weighted by atomic mass is 10.3. The van der Waals surface area contributed by atoms with Gasteiger partial charge < -0.3 is 19.2 Å². The number of rotatable bonds is 7. The Labute approximate surface area is 105 Å². The maximum atomic E-state index is 11.7. The van der Waals surface area contributed by atoms with E-state index in [4.69, 9.17) is 25.5 Å². The van der Waals surface area contributed by atoms with E-state index in [0.717, 1.165) is 0 Å². The summed E-state index contributed by atoms with van der Waals surface area (Å²) in [6, 6.07) is 1.51. The van der Waals surface area contributed by atoms with Gasteiger partial charge in [0.25, 0.3) is 5.91 Å². The minimum absolute atomic E-state index is 0.0758. The third-order valence-corrected chi connectivity index (χ3v) is 2.29. The first-order valence-electron chi connectivity index (χ1n) is 5.43. The van der Waals surface area contributed by atoms with E-state index in [-0.39, 0.29) is 17.7 Å². The minimum atomic E-state index is -0.445. The van der Waals surface area contributed by atoms with Crippen LogP contribution >= 0.6 is 11.6 Å². The predicted molar refractivity (Wildman–Crippen MR) is 63.1 cm³/mol. The molecule has 0 spiro atoms. The van der Waals surface area contributed by atoms with Gasteiger partial charge in [0, 0.05) is 13.2 Å². The molecule has 0 fully saturated rings. The summed E-state index contributed by atoms with van der Waals surface area (Å²) < 4.78 is 15.4. The average Bonchev–Trinajstić information content (AvgIpc) is 2.72. The van der Waals surface area contributed by atoms with Crippen LogP contribution in [0.15, 0.2) is 16.7 Å². The summed E-state index contributed by atoms with van der Waals surface area (Å²) in [7, 11) is 0. The average molecular weight is 262 g/mol. The summed E-state index contributed by atoms with van der Waals surface area (Å²) >= 11 is 5.68. The van der Waals surface area contributed by atoms with Crippen LogP contribution in [0.5, 0.6) is 0 Å². The molecule has 1 aromatic rings. The number of nitrogens with one attached hydrogen (secondary N) is 1. The standard InChI is InChI=1S/C11H16ClNO4/c1-3-15-9(16-4-2)7-13-11(14)8-5-6-17-10(8)12/h5-6,9H,3-4,7H2,1-2H3,(H,13,14). The number of hydrogen-bond donors (Lipinski definition) is 1. The van der Waals surface area contributed by atoms with Crippen LogP contribution in [0, 0.1) is 0 Å². The number of hydrogen-bond acceptors (Lipinski definition) is 4. The van der Waals surface area contributed by atoms with Crippen LogP contribution in [-0.4, -0.2) is 32.0 Å². The van der Waals surface area contributed by atoms with Crippen molar-refractivity contribution in [3.63, 3.8) is 0 Å². The fourth-order valence-corrected chi connectivity index (χ4v) is 1.47. The number of carbonyl (C=O) groups is 1. The van der Waals surface area contributed by atoms with Crippen molar-refractivity contribution in [2.24, 2.45) is 0 Å². The number of furan rings is 1. The molecule has 0 radical (unpaired) electrons. The first-order chi connectivity index (χ1) is 8.19. The summed E-state index contributed by atoms with van der Waals surface area (Å²) in [5, 5.41) is 2.74. The van der Waals surface area contributed by atoms with Gasteiger partial charge >= 0.3 is 0 Å². The van der Waals surface area contributed by atoms with E-state index in [0.29, 0.717) is 18.8 Å². The van der Waals surface area contributed by atoms with Crippen molar-refractivity contribution in [3.05, 3.63) is 23.1 Å². The third-order valence-electron chi connectivity index (χ3n) is 2.00. The highest BCUT2D eigenvalue weighted by atomic mass is 35.5. The lowest BCUT2D eigenvalue weighted by Crippen LogP contribution is -2.35. The molecular weight excluding hydrogens is 246 g/mol. The zero-order chi connectivity index (χ0) is 12.7. The summed E-state index contributed by atoms with van der Waals surface area (Å²) in [6.45, 7) is 5.03. The molecule has 0 aromatic carbocycles. The van der Waals surface area contributed by atoms with E-state index in [2.05, 4.69) is 5.32 Å². The molecular formula is C11H16ClNO4. The number of halogens is 1. The van der Waals surface area contributed by atoms with Crippen LogP contribution in [0.2, 0.25) is 5.22 Å². The largest absolute Gasteiger partial charge is 0.452 e. The van der Waals surface area contributed by atoms with Crippen LogP contribution < -0.4 is 5.32 Å². The molecule has 0 saturated carbocycles. The summed E-state index contributed by atoms with van der Waals surface area (Å²) in [4.78, 5) is 11.7. The molecule has 1 aromatic heterocycles. The molecule has 1 amide bonds. The predicted octanol–water partition coefficient (Wildman–Crippen LogP) is 2.06. The smallest absolute Gasteiger partial charge is 0.256 e. The fraction of sp³-hybridized carbons (Fsp3) is 0.545. The second-order valence-corrected chi connectivity index (χ2v) is 3.50. The van der Waals surface area contributed by atoms with E-state index >= 15 is 0 Å². The van der Waals surface area contributed by atoms with Crippen LogP contribution in [0.1, 0.15) is 24.2 Å². The molecule has 0 atom stereocenters. The molecule has 0 unspecified atom stereocenters. The van der Waals surface area contributed by atoms with Gasteiger partial charge in [0.15, 0.2) is 6.29 Å². The molecule has 1 heterocycles. The zero-order valence-electron chi connectivity index (χ0n) is 9.86. The number of carbonyl (C=O) groups excluding carboxylic acids is 1. The van der Waals surface area contributed by atoms with Gasteiger partial charge in [-0.1, -0.05) is 0 Å². The Bertz CT molecular complexity index is 347. The quantitative estimate of drug-likeness (QED) is 0.764. The Morgan fingerprint density at radius 1 is 1.47 bits per heavy atom. The van der Waals surface area contributed by atoms with Crippen LogP contribution in [0.3, 0.4) is 0 Å². The Kier molecular flexibility index (Phi) is 6.04. The van der Waals surface area contributed by atoms with Crippen molar-refractivity contribution in [1.29, 1.82) is 0 Å². The molecule has 0 saturated heterocycles. The summed E-state index contributed by atoms with van der Waals surface area (Å²) in [5.41, 5.74) is 0.304. The van der Waals surface area contributed by atoms with Crippen LogP contribution in [-0.2, 0) is 9.47 Å². The minimum Gasteiger partial charge on any atom is -0.452 e. The Morgan fingerprint density at radius 3 is 2.59 bits per heavy atom. The van der Waals surface area contributed by atoms with Gasteiger partial charge in [-0.2, -0.15) is 0 Å². The Hall–Kier alpha value is -1.04. The topological polar surface area (TPSA) is 60.7 Å². The van der Waals surface area contributed by atoms with Crippen molar-refractivity contribution in [3.8, 4) is 0 Å². The Balaban J connectivity index is 2.43. The molecule has 0 aliphatic heterocycles. The van der Waals surface area contributed by atoms with Gasteiger partial charge in [-0.25, -0.2) is 0 Å². The highest BCUT2D eigenvalue weighted by molar-refractivity contribution is 6.32. The van der Waals surface area contributed by atoms with Crippen LogP contribution in [0.4, 0.5) is 0 Å². The van der Waals surface area contributed by atoms with E-state index < -0.39 is 6.29 Å². The molecule has 17 heavy (non-hydrogen) atoms. The fourth-order valence-electron chi connectivity index (χ4n) is 1.26. The maximum Gasteiger partial charge on any atom is 0.256 e. The second-order valence-electron chi connectivity index (χ2n) is 3.16. The van der Waals surface area contributed by atoms with Gasteiger partial charge in [0.1, 0.15) is 0 Å². The number of ether oxygens (including phenoxy) is 2. The summed E-state index contributed by atoms with van der Waals surface area (Å²) in [6.07, 6.45) is 0.916. The van der Waals surface area contributed by atoms with Crippen molar-refractivity contribution < 1.29 is 18.7 Å². The lowest BCUT2D eigenvalue weighted by molar-refractivity contribution is -0.131. The van der Waals surface area contributed by atoms with Crippen molar-refractivity contribution >= 4 is 17.5 Å². The number of amides is 1. The zero-order valence-corrected chi connectivity index (χ0v) is 10.6. The van der Waals surface area contributed by atoms with Crippen molar-refractivity contribution in [2.75, 3.05) is 19.8 Å². The highest BCUT2D eigenvalue weighted by Gasteiger charge is 2.15. The molecule has 5 nitrogen and oxygen atoms in total.